The molecular formula is C15H20ClNO2. The molecule has 1 N–H and O–H groups in total. The maximum absolute atomic E-state index is 6.38. The normalized spacial score (nSPS) is 20.1. The Bertz CT molecular complexity index is 444. The topological polar surface area (TPSA) is 30.5 Å². The molecule has 1 fully saturated rings. The lowest BCUT2D eigenvalue weighted by Crippen LogP contribution is -2.28. The quantitative estimate of drug-likeness (QED) is 0.904. The van der Waals surface area contributed by atoms with E-state index >= 15 is 0 Å². The van der Waals surface area contributed by atoms with Gasteiger partial charge < -0.3 is 14.8 Å². The number of ether oxygens (including phenoxy) is 2. The molecule has 19 heavy (non-hydrogen) atoms. The number of fused-ring (bicyclic) bond motifs is 1. The van der Waals surface area contributed by atoms with Gasteiger partial charge in [-0.05, 0) is 50.4 Å². The first kappa shape index (κ1) is 13.1. The van der Waals surface area contributed by atoms with Gasteiger partial charge in [-0.3, -0.25) is 0 Å². The van der Waals surface area contributed by atoms with Crippen LogP contribution in [0.15, 0.2) is 12.1 Å². The average Bonchev–Trinajstić information content (AvgIpc) is 2.69. The lowest BCUT2D eigenvalue weighted by atomic mass is 9.90. The summed E-state index contributed by atoms with van der Waals surface area (Å²) in [4.78, 5) is 0. The van der Waals surface area contributed by atoms with Gasteiger partial charge in [0.15, 0.2) is 11.5 Å². The molecular weight excluding hydrogens is 262 g/mol. The van der Waals surface area contributed by atoms with E-state index in [1.54, 1.807) is 0 Å². The summed E-state index contributed by atoms with van der Waals surface area (Å²) in [5.41, 5.74) is 1.13. The van der Waals surface area contributed by atoms with Crippen molar-refractivity contribution >= 4 is 11.6 Å². The van der Waals surface area contributed by atoms with Crippen LogP contribution in [0.1, 0.15) is 24.8 Å². The molecule has 2 heterocycles. The Kier molecular flexibility index (Phi) is 4.14. The van der Waals surface area contributed by atoms with Gasteiger partial charge in [-0.15, -0.1) is 0 Å². The number of hydrogen-bond acceptors (Lipinski definition) is 3. The van der Waals surface area contributed by atoms with Crippen molar-refractivity contribution in [2.24, 2.45) is 5.92 Å². The van der Waals surface area contributed by atoms with Crippen molar-refractivity contribution in [1.82, 2.24) is 5.32 Å². The zero-order valence-corrected chi connectivity index (χ0v) is 11.8. The minimum Gasteiger partial charge on any atom is -0.490 e. The van der Waals surface area contributed by atoms with Crippen molar-refractivity contribution in [3.63, 3.8) is 0 Å². The molecule has 0 unspecified atom stereocenters. The monoisotopic (exact) mass is 281 g/mol. The minimum atomic E-state index is 0.692. The summed E-state index contributed by atoms with van der Waals surface area (Å²) in [6.45, 7) is 3.65. The molecule has 0 radical (unpaired) electrons. The van der Waals surface area contributed by atoms with Gasteiger partial charge in [0.05, 0.1) is 13.2 Å². The van der Waals surface area contributed by atoms with Crippen molar-refractivity contribution in [2.75, 3.05) is 26.3 Å². The van der Waals surface area contributed by atoms with Gasteiger partial charge in [-0.2, -0.15) is 0 Å². The van der Waals surface area contributed by atoms with Gasteiger partial charge in [0.25, 0.3) is 0 Å². The Morgan fingerprint density at radius 1 is 1.16 bits per heavy atom. The van der Waals surface area contributed by atoms with Crippen LogP contribution >= 0.6 is 11.6 Å². The number of halogens is 1. The van der Waals surface area contributed by atoms with Crippen molar-refractivity contribution in [1.29, 1.82) is 0 Å². The number of nitrogens with one attached hydrogen (secondary N) is 1. The van der Waals surface area contributed by atoms with Crippen molar-refractivity contribution in [2.45, 2.75) is 25.7 Å². The zero-order chi connectivity index (χ0) is 13.1. The SMILES string of the molecule is Clc1ccc2c(c1CC1CCNCC1)OCCCO2. The first-order valence-electron chi connectivity index (χ1n) is 7.12. The lowest BCUT2D eigenvalue weighted by Gasteiger charge is -2.24. The molecule has 0 bridgehead atoms. The van der Waals surface area contributed by atoms with Gasteiger partial charge in [0.2, 0.25) is 0 Å². The number of piperidine rings is 1. The maximum Gasteiger partial charge on any atom is 0.165 e. The molecule has 4 heteroatoms. The van der Waals surface area contributed by atoms with E-state index in [9.17, 15) is 0 Å². The van der Waals surface area contributed by atoms with Crippen LogP contribution in [0.25, 0.3) is 0 Å². The van der Waals surface area contributed by atoms with Crippen LogP contribution in [-0.2, 0) is 6.42 Å². The molecule has 0 spiro atoms. The standard InChI is InChI=1S/C15H20ClNO2/c16-13-2-3-14-15(19-9-1-8-18-14)12(13)10-11-4-6-17-7-5-11/h2-3,11,17H,1,4-10H2. The summed E-state index contributed by atoms with van der Waals surface area (Å²) in [5, 5.41) is 4.21. The van der Waals surface area contributed by atoms with Gasteiger partial charge in [-0.1, -0.05) is 11.6 Å². The zero-order valence-electron chi connectivity index (χ0n) is 11.1. The van der Waals surface area contributed by atoms with Crippen LogP contribution in [0.2, 0.25) is 5.02 Å². The van der Waals surface area contributed by atoms with E-state index < -0.39 is 0 Å². The fourth-order valence-corrected chi connectivity index (χ4v) is 3.06. The van der Waals surface area contributed by atoms with E-state index in [0.717, 1.165) is 54.6 Å². The third kappa shape index (κ3) is 2.98. The van der Waals surface area contributed by atoms with Crippen LogP contribution in [0, 0.1) is 5.92 Å². The smallest absolute Gasteiger partial charge is 0.165 e. The van der Waals surface area contributed by atoms with Crippen molar-refractivity contribution in [3.8, 4) is 11.5 Å². The highest BCUT2D eigenvalue weighted by Gasteiger charge is 2.22. The highest BCUT2D eigenvalue weighted by molar-refractivity contribution is 6.31. The fraction of sp³-hybridized carbons (Fsp3) is 0.600. The molecule has 0 aromatic heterocycles. The fourth-order valence-electron chi connectivity index (χ4n) is 2.83. The summed E-state index contributed by atoms with van der Waals surface area (Å²) in [6.07, 6.45) is 4.34. The molecule has 104 valence electrons. The molecule has 3 nitrogen and oxygen atoms in total. The summed E-state index contributed by atoms with van der Waals surface area (Å²) in [5.74, 6) is 2.42. The van der Waals surface area contributed by atoms with Gasteiger partial charge in [0, 0.05) is 17.0 Å². The summed E-state index contributed by atoms with van der Waals surface area (Å²) in [7, 11) is 0. The summed E-state index contributed by atoms with van der Waals surface area (Å²) < 4.78 is 11.6. The Morgan fingerprint density at radius 3 is 2.79 bits per heavy atom. The second kappa shape index (κ2) is 6.02. The molecule has 0 saturated carbocycles. The van der Waals surface area contributed by atoms with E-state index in [1.807, 2.05) is 12.1 Å². The van der Waals surface area contributed by atoms with E-state index in [0.29, 0.717) is 12.5 Å². The van der Waals surface area contributed by atoms with Crippen LogP contribution in [-0.4, -0.2) is 26.3 Å². The molecule has 0 amide bonds. The third-order valence-electron chi connectivity index (χ3n) is 3.91. The summed E-state index contributed by atoms with van der Waals surface area (Å²) >= 11 is 6.38. The van der Waals surface area contributed by atoms with Gasteiger partial charge >= 0.3 is 0 Å². The number of benzene rings is 1. The van der Waals surface area contributed by atoms with E-state index in [1.165, 1.54) is 12.8 Å². The van der Waals surface area contributed by atoms with Crippen molar-refractivity contribution in [3.05, 3.63) is 22.7 Å². The highest BCUT2D eigenvalue weighted by Crippen LogP contribution is 2.39. The van der Waals surface area contributed by atoms with Crippen LogP contribution in [0.3, 0.4) is 0 Å². The Hall–Kier alpha value is -0.930. The predicted octanol–water partition coefficient (Wildman–Crippen LogP) is 3.04. The minimum absolute atomic E-state index is 0.692. The molecule has 0 atom stereocenters. The first-order chi connectivity index (χ1) is 9.34. The van der Waals surface area contributed by atoms with E-state index in [2.05, 4.69) is 5.32 Å². The Morgan fingerprint density at radius 2 is 1.95 bits per heavy atom. The molecule has 1 saturated heterocycles. The van der Waals surface area contributed by atoms with Crippen LogP contribution in [0.5, 0.6) is 11.5 Å². The first-order valence-corrected chi connectivity index (χ1v) is 7.50. The van der Waals surface area contributed by atoms with Gasteiger partial charge in [0.1, 0.15) is 0 Å². The third-order valence-corrected chi connectivity index (χ3v) is 4.27. The molecule has 0 aliphatic carbocycles. The largest absolute Gasteiger partial charge is 0.490 e. The molecule has 3 rings (SSSR count). The molecule has 2 aliphatic rings. The van der Waals surface area contributed by atoms with Gasteiger partial charge in [-0.25, -0.2) is 0 Å². The van der Waals surface area contributed by atoms with Crippen LogP contribution in [0.4, 0.5) is 0 Å². The molecule has 1 aromatic carbocycles. The number of rotatable bonds is 2. The van der Waals surface area contributed by atoms with Crippen LogP contribution < -0.4 is 14.8 Å². The Labute approximate surface area is 119 Å². The molecule has 1 aromatic rings. The number of hydrogen-bond donors (Lipinski definition) is 1. The maximum atomic E-state index is 6.38. The highest BCUT2D eigenvalue weighted by atomic mass is 35.5. The van der Waals surface area contributed by atoms with E-state index in [4.69, 9.17) is 21.1 Å². The Balaban J connectivity index is 1.86. The molecule has 2 aliphatic heterocycles. The second-order valence-electron chi connectivity index (χ2n) is 5.30. The summed E-state index contributed by atoms with van der Waals surface area (Å²) in [6, 6.07) is 3.86. The van der Waals surface area contributed by atoms with Crippen molar-refractivity contribution < 1.29 is 9.47 Å². The second-order valence-corrected chi connectivity index (χ2v) is 5.71. The lowest BCUT2D eigenvalue weighted by molar-refractivity contribution is 0.294. The predicted molar refractivity (Wildman–Crippen MR) is 76.4 cm³/mol. The van der Waals surface area contributed by atoms with E-state index in [-0.39, 0.29) is 0 Å². The average molecular weight is 282 g/mol.